The number of nitrogens with zero attached hydrogens (tertiary/aromatic N) is 4. The number of hydrogen-bond donors (Lipinski definition) is 2. The topological polar surface area (TPSA) is 78.9 Å². The second-order valence-electron chi connectivity index (χ2n) is 5.17. The summed E-state index contributed by atoms with van der Waals surface area (Å²) in [5.41, 5.74) is 10.9. The molecule has 0 bridgehead atoms. The summed E-state index contributed by atoms with van der Waals surface area (Å²) in [4.78, 5) is 4.16. The van der Waals surface area contributed by atoms with Crippen LogP contribution in [0.3, 0.4) is 0 Å². The summed E-state index contributed by atoms with van der Waals surface area (Å²) in [6.45, 7) is 4.32. The first-order chi connectivity index (χ1) is 8.60. The zero-order valence-corrected chi connectivity index (χ0v) is 10.5. The van der Waals surface area contributed by atoms with Gasteiger partial charge in [0.25, 0.3) is 0 Å². The van der Waals surface area contributed by atoms with Crippen molar-refractivity contribution in [2.75, 3.05) is 5.01 Å². The SMILES string of the molecule is CC(C)CC1(N)C=C2N=NNN2c2cnccc21. The maximum atomic E-state index is 6.57. The first kappa shape index (κ1) is 11.2. The van der Waals surface area contributed by atoms with Crippen LogP contribution in [0.5, 0.6) is 0 Å². The van der Waals surface area contributed by atoms with Crippen molar-refractivity contribution in [1.29, 1.82) is 0 Å². The summed E-state index contributed by atoms with van der Waals surface area (Å²) in [5.74, 6) is 1.23. The molecule has 0 fully saturated rings. The summed E-state index contributed by atoms with van der Waals surface area (Å²) < 4.78 is 0. The number of anilines is 1. The van der Waals surface area contributed by atoms with E-state index in [4.69, 9.17) is 5.73 Å². The number of hydrazine groups is 1. The molecule has 1 aromatic heterocycles. The number of hydrogen-bond acceptors (Lipinski definition) is 6. The highest BCUT2D eigenvalue weighted by Gasteiger charge is 2.37. The molecule has 0 saturated carbocycles. The van der Waals surface area contributed by atoms with E-state index in [0.29, 0.717) is 5.92 Å². The average molecular weight is 244 g/mol. The van der Waals surface area contributed by atoms with Crippen LogP contribution in [-0.4, -0.2) is 4.98 Å². The Morgan fingerprint density at radius 2 is 2.33 bits per heavy atom. The molecule has 94 valence electrons. The van der Waals surface area contributed by atoms with Crippen LogP contribution >= 0.6 is 0 Å². The van der Waals surface area contributed by atoms with E-state index < -0.39 is 5.54 Å². The standard InChI is InChI=1S/C12H16N6/c1-8(2)5-12(13)6-11-15-16-17-18(11)10-7-14-4-3-9(10)12/h3-4,6-8H,5,13H2,1-2H3,(H,15,17). The molecule has 0 saturated heterocycles. The summed E-state index contributed by atoms with van der Waals surface area (Å²) in [6.07, 6.45) is 6.38. The molecule has 3 rings (SSSR count). The van der Waals surface area contributed by atoms with Gasteiger partial charge in [0.1, 0.15) is 0 Å². The van der Waals surface area contributed by atoms with Gasteiger partial charge in [0.2, 0.25) is 0 Å². The number of pyridine rings is 1. The van der Waals surface area contributed by atoms with Gasteiger partial charge in [-0.2, -0.15) is 5.53 Å². The fourth-order valence-electron chi connectivity index (χ4n) is 2.60. The van der Waals surface area contributed by atoms with Crippen LogP contribution in [0.25, 0.3) is 0 Å². The van der Waals surface area contributed by atoms with E-state index in [0.717, 1.165) is 23.5 Å². The van der Waals surface area contributed by atoms with Gasteiger partial charge >= 0.3 is 0 Å². The Balaban J connectivity index is 2.14. The van der Waals surface area contributed by atoms with Gasteiger partial charge in [-0.3, -0.25) is 4.98 Å². The first-order valence-electron chi connectivity index (χ1n) is 6.03. The molecular weight excluding hydrogens is 228 g/mol. The van der Waals surface area contributed by atoms with Crippen LogP contribution in [-0.2, 0) is 5.54 Å². The fourth-order valence-corrected chi connectivity index (χ4v) is 2.60. The molecule has 0 radical (unpaired) electrons. The molecule has 0 amide bonds. The molecule has 0 aromatic carbocycles. The van der Waals surface area contributed by atoms with Crippen LogP contribution in [0.2, 0.25) is 0 Å². The lowest BCUT2D eigenvalue weighted by molar-refractivity contribution is 0.414. The van der Waals surface area contributed by atoms with Crippen molar-refractivity contribution in [1.82, 2.24) is 10.5 Å². The van der Waals surface area contributed by atoms with Gasteiger partial charge in [-0.05, 0) is 24.5 Å². The van der Waals surface area contributed by atoms with Crippen LogP contribution < -0.4 is 16.3 Å². The van der Waals surface area contributed by atoms with Gasteiger partial charge in [-0.1, -0.05) is 19.1 Å². The predicted molar refractivity (Wildman–Crippen MR) is 68.1 cm³/mol. The Kier molecular flexibility index (Phi) is 2.34. The zero-order chi connectivity index (χ0) is 12.8. The molecule has 1 atom stereocenters. The Morgan fingerprint density at radius 1 is 1.50 bits per heavy atom. The first-order valence-corrected chi connectivity index (χ1v) is 6.03. The molecule has 2 aliphatic rings. The van der Waals surface area contributed by atoms with Crippen LogP contribution in [0.1, 0.15) is 25.8 Å². The number of fused-ring (bicyclic) bond motifs is 3. The van der Waals surface area contributed by atoms with Crippen LogP contribution in [0.4, 0.5) is 5.69 Å². The smallest absolute Gasteiger partial charge is 0.175 e. The van der Waals surface area contributed by atoms with Gasteiger partial charge in [0.05, 0.1) is 17.4 Å². The number of nitrogens with two attached hydrogens (primary N) is 1. The van der Waals surface area contributed by atoms with E-state index in [-0.39, 0.29) is 0 Å². The van der Waals surface area contributed by atoms with Crippen molar-refractivity contribution in [3.63, 3.8) is 0 Å². The Morgan fingerprint density at radius 3 is 3.11 bits per heavy atom. The van der Waals surface area contributed by atoms with Crippen LogP contribution in [0.15, 0.2) is 40.7 Å². The van der Waals surface area contributed by atoms with Gasteiger partial charge in [0, 0.05) is 11.8 Å². The summed E-state index contributed by atoms with van der Waals surface area (Å²) in [6, 6.07) is 1.96. The molecule has 3 N–H and O–H groups in total. The molecule has 0 aliphatic carbocycles. The molecule has 6 heteroatoms. The molecule has 6 nitrogen and oxygen atoms in total. The van der Waals surface area contributed by atoms with E-state index in [1.165, 1.54) is 0 Å². The third-order valence-electron chi connectivity index (χ3n) is 3.20. The second-order valence-corrected chi connectivity index (χ2v) is 5.17. The van der Waals surface area contributed by atoms with E-state index in [1.807, 2.05) is 12.1 Å². The largest absolute Gasteiger partial charge is 0.318 e. The average Bonchev–Trinajstić information content (AvgIpc) is 2.76. The van der Waals surface area contributed by atoms with Gasteiger partial charge in [0.15, 0.2) is 5.82 Å². The monoisotopic (exact) mass is 244 g/mol. The predicted octanol–water partition coefficient (Wildman–Crippen LogP) is 1.83. The van der Waals surface area contributed by atoms with Crippen molar-refractivity contribution >= 4 is 5.69 Å². The molecule has 3 heterocycles. The van der Waals surface area contributed by atoms with E-state index in [9.17, 15) is 0 Å². The van der Waals surface area contributed by atoms with Crippen molar-refractivity contribution in [2.45, 2.75) is 25.8 Å². The van der Waals surface area contributed by atoms with E-state index in [2.05, 4.69) is 34.7 Å². The van der Waals surface area contributed by atoms with Crippen molar-refractivity contribution < 1.29 is 0 Å². The fraction of sp³-hybridized carbons (Fsp3) is 0.417. The molecular formula is C12H16N6. The van der Waals surface area contributed by atoms with Gasteiger partial charge in [-0.15, -0.1) is 5.11 Å². The number of aromatic nitrogens is 1. The van der Waals surface area contributed by atoms with E-state index >= 15 is 0 Å². The van der Waals surface area contributed by atoms with Gasteiger partial charge in [-0.25, -0.2) is 5.01 Å². The van der Waals surface area contributed by atoms with Crippen LogP contribution in [0, 0.1) is 5.92 Å². The van der Waals surface area contributed by atoms with E-state index in [1.54, 1.807) is 17.4 Å². The minimum absolute atomic E-state index is 0.491. The molecule has 1 aromatic rings. The second kappa shape index (κ2) is 3.78. The lowest BCUT2D eigenvalue weighted by Gasteiger charge is -2.36. The third-order valence-corrected chi connectivity index (χ3v) is 3.20. The zero-order valence-electron chi connectivity index (χ0n) is 10.5. The Labute approximate surface area is 106 Å². The third kappa shape index (κ3) is 1.57. The summed E-state index contributed by atoms with van der Waals surface area (Å²) in [5, 5.41) is 9.67. The number of nitrogens with one attached hydrogen (secondary N) is 1. The molecule has 0 spiro atoms. The minimum atomic E-state index is -0.511. The van der Waals surface area contributed by atoms with Crippen molar-refractivity contribution in [3.05, 3.63) is 35.9 Å². The summed E-state index contributed by atoms with van der Waals surface area (Å²) >= 11 is 0. The van der Waals surface area contributed by atoms with Crippen molar-refractivity contribution in [3.8, 4) is 0 Å². The Hall–Kier alpha value is -1.95. The lowest BCUT2D eigenvalue weighted by Crippen LogP contribution is -2.44. The Bertz CT molecular complexity index is 535. The maximum absolute atomic E-state index is 6.57. The van der Waals surface area contributed by atoms with Gasteiger partial charge < -0.3 is 5.73 Å². The summed E-state index contributed by atoms with van der Waals surface area (Å²) in [7, 11) is 0. The molecule has 18 heavy (non-hydrogen) atoms. The quantitative estimate of drug-likeness (QED) is 0.831. The number of rotatable bonds is 2. The highest BCUT2D eigenvalue weighted by Crippen LogP contribution is 2.41. The maximum Gasteiger partial charge on any atom is 0.175 e. The minimum Gasteiger partial charge on any atom is -0.318 e. The molecule has 2 aliphatic heterocycles. The highest BCUT2D eigenvalue weighted by atomic mass is 15.8. The molecule has 1 unspecified atom stereocenters. The highest BCUT2D eigenvalue weighted by molar-refractivity contribution is 5.63. The lowest BCUT2D eigenvalue weighted by atomic mass is 9.81. The van der Waals surface area contributed by atoms with Crippen molar-refractivity contribution in [2.24, 2.45) is 22.0 Å². The normalized spacial score (nSPS) is 24.7.